The number of aliphatic hydroxyl groups is 2. The van der Waals surface area contributed by atoms with Crippen molar-refractivity contribution in [2.75, 3.05) is 13.2 Å². The summed E-state index contributed by atoms with van der Waals surface area (Å²) in [4.78, 5) is 35.0. The molecule has 0 bridgehead atoms. The van der Waals surface area contributed by atoms with E-state index < -0.39 is 37.4 Å². The summed E-state index contributed by atoms with van der Waals surface area (Å²) in [6.07, 6.45) is 8.83. The third-order valence-corrected chi connectivity index (χ3v) is 5.38. The fourth-order valence-electron chi connectivity index (χ4n) is 3.67. The molecule has 8 heteroatoms. The first kappa shape index (κ1) is 31.3. The van der Waals surface area contributed by atoms with Gasteiger partial charge in [0.25, 0.3) is 0 Å². The molecule has 0 heterocycles. The van der Waals surface area contributed by atoms with Gasteiger partial charge in [-0.1, -0.05) is 58.8 Å². The quantitative estimate of drug-likeness (QED) is 0.154. The van der Waals surface area contributed by atoms with Crippen molar-refractivity contribution < 1.29 is 38.8 Å². The van der Waals surface area contributed by atoms with Crippen molar-refractivity contribution >= 4 is 17.9 Å². The largest absolute Gasteiger partial charge is 0.463 e. The lowest BCUT2D eigenvalue weighted by Gasteiger charge is -2.22. The number of ether oxygens (including phenoxy) is 3. The summed E-state index contributed by atoms with van der Waals surface area (Å²) < 4.78 is 15.6. The molecule has 2 atom stereocenters. The van der Waals surface area contributed by atoms with Gasteiger partial charge in [-0.15, -0.1) is 0 Å². The van der Waals surface area contributed by atoms with Gasteiger partial charge in [-0.2, -0.15) is 0 Å². The van der Waals surface area contributed by atoms with E-state index in [4.69, 9.17) is 24.4 Å². The van der Waals surface area contributed by atoms with Crippen LogP contribution in [0, 0.1) is 5.92 Å². The number of esters is 3. The maximum absolute atomic E-state index is 12.0. The lowest BCUT2D eigenvalue weighted by Crippen LogP contribution is -2.29. The molecular weight excluding hydrogens is 428 g/mol. The van der Waals surface area contributed by atoms with Crippen LogP contribution in [0.25, 0.3) is 0 Å². The Kier molecular flexibility index (Phi) is 18.8. The number of hydrogen-bond acceptors (Lipinski definition) is 8. The first-order chi connectivity index (χ1) is 15.7. The maximum Gasteiger partial charge on any atom is 0.309 e. The van der Waals surface area contributed by atoms with Crippen molar-refractivity contribution in [1.82, 2.24) is 0 Å². The molecule has 0 aromatic rings. The van der Waals surface area contributed by atoms with Crippen LogP contribution in [-0.4, -0.2) is 59.6 Å². The lowest BCUT2D eigenvalue weighted by atomic mass is 10.0. The van der Waals surface area contributed by atoms with Crippen LogP contribution >= 0.6 is 0 Å². The highest BCUT2D eigenvalue weighted by Crippen LogP contribution is 2.19. The minimum Gasteiger partial charge on any atom is -0.463 e. The van der Waals surface area contributed by atoms with Gasteiger partial charge in [0.05, 0.1) is 19.6 Å². The summed E-state index contributed by atoms with van der Waals surface area (Å²) in [7, 11) is 0. The normalized spacial score (nSPS) is 13.1. The zero-order valence-corrected chi connectivity index (χ0v) is 21.1. The van der Waals surface area contributed by atoms with Crippen LogP contribution in [0.3, 0.4) is 0 Å². The van der Waals surface area contributed by atoms with E-state index >= 15 is 0 Å². The summed E-state index contributed by atoms with van der Waals surface area (Å²) in [6, 6.07) is 0. The van der Waals surface area contributed by atoms with E-state index in [1.165, 1.54) is 46.0 Å². The highest BCUT2D eigenvalue weighted by Gasteiger charge is 2.23. The van der Waals surface area contributed by atoms with Crippen molar-refractivity contribution in [1.29, 1.82) is 0 Å². The molecule has 0 radical (unpaired) electrons. The SMILES string of the molecule is CC(=O)O[C@@H](CCCCCCCCCC(C)C)CC[C@H](CC(=O)OC(CO)CO)OC(C)=O. The van der Waals surface area contributed by atoms with Gasteiger partial charge in [0.2, 0.25) is 0 Å². The van der Waals surface area contributed by atoms with Crippen molar-refractivity contribution in [2.24, 2.45) is 5.92 Å². The molecule has 194 valence electrons. The first-order valence-electron chi connectivity index (χ1n) is 12.4. The molecule has 0 fully saturated rings. The van der Waals surface area contributed by atoms with Gasteiger partial charge in [0.15, 0.2) is 0 Å². The minimum atomic E-state index is -1.00. The Morgan fingerprint density at radius 1 is 0.606 bits per heavy atom. The molecule has 0 spiro atoms. The number of unbranched alkanes of at least 4 members (excludes halogenated alkanes) is 6. The van der Waals surface area contributed by atoms with E-state index in [2.05, 4.69) is 13.8 Å². The van der Waals surface area contributed by atoms with E-state index in [0.29, 0.717) is 12.8 Å². The number of aliphatic hydroxyl groups excluding tert-OH is 2. The molecule has 0 amide bonds. The predicted octanol–water partition coefficient (Wildman–Crippen LogP) is 4.08. The van der Waals surface area contributed by atoms with Crippen molar-refractivity contribution in [3.8, 4) is 0 Å². The molecule has 0 aromatic heterocycles. The number of hydrogen-bond donors (Lipinski definition) is 2. The van der Waals surface area contributed by atoms with E-state index in [9.17, 15) is 14.4 Å². The summed E-state index contributed by atoms with van der Waals surface area (Å²) in [5.74, 6) is -0.785. The molecule has 8 nitrogen and oxygen atoms in total. The minimum absolute atomic E-state index is 0.195. The Labute approximate surface area is 199 Å². The highest BCUT2D eigenvalue weighted by atomic mass is 16.6. The van der Waals surface area contributed by atoms with E-state index in [0.717, 1.165) is 31.6 Å². The maximum atomic E-state index is 12.0. The molecule has 2 N–H and O–H groups in total. The predicted molar refractivity (Wildman–Crippen MR) is 125 cm³/mol. The Bertz CT molecular complexity index is 530. The average Bonchev–Trinajstić information content (AvgIpc) is 2.73. The van der Waals surface area contributed by atoms with Crippen molar-refractivity contribution in [3.63, 3.8) is 0 Å². The van der Waals surface area contributed by atoms with Gasteiger partial charge in [-0.05, 0) is 31.6 Å². The molecule has 0 rings (SSSR count). The second-order valence-electron chi connectivity index (χ2n) is 9.17. The molecule has 0 aliphatic rings. The molecule has 0 aromatic carbocycles. The fourth-order valence-corrected chi connectivity index (χ4v) is 3.67. The Morgan fingerprint density at radius 3 is 1.55 bits per heavy atom. The van der Waals surface area contributed by atoms with Crippen LogP contribution in [0.4, 0.5) is 0 Å². The molecule has 0 saturated carbocycles. The zero-order valence-electron chi connectivity index (χ0n) is 21.1. The Morgan fingerprint density at radius 2 is 1.06 bits per heavy atom. The van der Waals surface area contributed by atoms with Crippen molar-refractivity contribution in [2.45, 2.75) is 123 Å². The molecule has 33 heavy (non-hydrogen) atoms. The van der Waals surface area contributed by atoms with E-state index in [-0.39, 0.29) is 18.5 Å². The monoisotopic (exact) mass is 474 g/mol. The van der Waals surface area contributed by atoms with Crippen LogP contribution < -0.4 is 0 Å². The molecule has 0 aliphatic heterocycles. The summed E-state index contributed by atoms with van der Waals surface area (Å²) >= 11 is 0. The van der Waals surface area contributed by atoms with Gasteiger partial charge in [0, 0.05) is 13.8 Å². The Hall–Kier alpha value is -1.67. The highest BCUT2D eigenvalue weighted by molar-refractivity contribution is 5.71. The first-order valence-corrected chi connectivity index (χ1v) is 12.4. The van der Waals surface area contributed by atoms with Crippen LogP contribution in [0.15, 0.2) is 0 Å². The van der Waals surface area contributed by atoms with Gasteiger partial charge in [-0.25, -0.2) is 0 Å². The second kappa shape index (κ2) is 19.8. The number of carbonyl (C=O) groups excluding carboxylic acids is 3. The summed E-state index contributed by atoms with van der Waals surface area (Å²) in [5, 5.41) is 18.1. The van der Waals surface area contributed by atoms with Gasteiger partial charge >= 0.3 is 17.9 Å². The molecule has 0 unspecified atom stereocenters. The number of carbonyl (C=O) groups is 3. The third kappa shape index (κ3) is 19.5. The van der Waals surface area contributed by atoms with E-state index in [1.807, 2.05) is 0 Å². The van der Waals surface area contributed by atoms with Crippen LogP contribution in [0.1, 0.15) is 105 Å². The Balaban J connectivity index is 4.42. The zero-order chi connectivity index (χ0) is 25.1. The second-order valence-corrected chi connectivity index (χ2v) is 9.17. The fraction of sp³-hybridized carbons (Fsp3) is 0.880. The topological polar surface area (TPSA) is 119 Å². The van der Waals surface area contributed by atoms with Crippen LogP contribution in [-0.2, 0) is 28.6 Å². The van der Waals surface area contributed by atoms with Gasteiger partial charge < -0.3 is 24.4 Å². The lowest BCUT2D eigenvalue weighted by molar-refractivity contribution is -0.161. The molecular formula is C25H46O8. The third-order valence-electron chi connectivity index (χ3n) is 5.38. The van der Waals surface area contributed by atoms with Crippen LogP contribution in [0.5, 0.6) is 0 Å². The van der Waals surface area contributed by atoms with Crippen LogP contribution in [0.2, 0.25) is 0 Å². The van der Waals surface area contributed by atoms with Gasteiger partial charge in [-0.3, -0.25) is 14.4 Å². The molecule has 0 aliphatic carbocycles. The standard InChI is InChI=1S/C25H46O8/c1-19(2)12-10-8-6-5-7-9-11-13-22(31-20(3)28)14-15-23(32-21(4)29)16-25(30)33-24(17-26)18-27/h19,22-24,26-27H,5-18H2,1-4H3/t22-,23+/m0/s1. The van der Waals surface area contributed by atoms with Crippen molar-refractivity contribution in [3.05, 3.63) is 0 Å². The van der Waals surface area contributed by atoms with Gasteiger partial charge in [0.1, 0.15) is 18.3 Å². The average molecular weight is 475 g/mol. The number of rotatable bonds is 20. The summed E-state index contributed by atoms with van der Waals surface area (Å²) in [6.45, 7) is 6.15. The molecule has 0 saturated heterocycles. The summed E-state index contributed by atoms with van der Waals surface area (Å²) in [5.41, 5.74) is 0. The van der Waals surface area contributed by atoms with E-state index in [1.54, 1.807) is 0 Å². The smallest absolute Gasteiger partial charge is 0.309 e.